The monoisotopic (exact) mass is 343 g/mol. The van der Waals surface area contributed by atoms with E-state index in [2.05, 4.69) is 60.1 Å². The first-order valence-corrected chi connectivity index (χ1v) is 9.35. The summed E-state index contributed by atoms with van der Waals surface area (Å²) in [5, 5.41) is 11.2. The Morgan fingerprint density at radius 1 is 1.00 bits per heavy atom. The molecule has 0 aliphatic carbocycles. The lowest BCUT2D eigenvalue weighted by Gasteiger charge is -2.08. The fourth-order valence-corrected chi connectivity index (χ4v) is 3.07. The van der Waals surface area contributed by atoms with Crippen molar-refractivity contribution in [1.29, 1.82) is 0 Å². The molecule has 0 aliphatic heterocycles. The topological polar surface area (TPSA) is 33.1 Å². The molecule has 0 aliphatic rings. The number of aliphatic hydroxyl groups excluding tert-OH is 1. The summed E-state index contributed by atoms with van der Waals surface area (Å²) in [6.07, 6.45) is 6.82. The summed E-state index contributed by atoms with van der Waals surface area (Å²) in [6, 6.07) is 17.2. The SMILES string of the molecule is CCCCc1ccc(Cc2nccc3ccc(C#CCCO)cc23)cc1. The van der Waals surface area contributed by atoms with E-state index in [1.807, 2.05) is 18.3 Å². The normalized spacial score (nSPS) is 10.5. The van der Waals surface area contributed by atoms with E-state index in [-0.39, 0.29) is 6.61 Å². The van der Waals surface area contributed by atoms with Crippen molar-refractivity contribution >= 4 is 10.8 Å². The number of aryl methyl sites for hydroxylation is 1. The van der Waals surface area contributed by atoms with Crippen LogP contribution in [0.25, 0.3) is 10.8 Å². The highest BCUT2D eigenvalue weighted by Crippen LogP contribution is 2.21. The second-order valence-electron chi connectivity index (χ2n) is 6.57. The number of hydrogen-bond acceptors (Lipinski definition) is 2. The predicted molar refractivity (Wildman–Crippen MR) is 108 cm³/mol. The van der Waals surface area contributed by atoms with Gasteiger partial charge in [0.2, 0.25) is 0 Å². The molecule has 2 aromatic carbocycles. The molecule has 3 rings (SSSR count). The molecule has 0 saturated carbocycles. The van der Waals surface area contributed by atoms with Crippen LogP contribution < -0.4 is 0 Å². The molecule has 1 aromatic heterocycles. The van der Waals surface area contributed by atoms with E-state index in [1.54, 1.807) is 0 Å². The highest BCUT2D eigenvalue weighted by atomic mass is 16.2. The molecule has 26 heavy (non-hydrogen) atoms. The Morgan fingerprint density at radius 2 is 1.81 bits per heavy atom. The van der Waals surface area contributed by atoms with Crippen LogP contribution in [-0.2, 0) is 12.8 Å². The minimum Gasteiger partial charge on any atom is -0.395 e. The van der Waals surface area contributed by atoms with Crippen LogP contribution in [0.1, 0.15) is 48.6 Å². The van der Waals surface area contributed by atoms with Crippen molar-refractivity contribution in [3.63, 3.8) is 0 Å². The van der Waals surface area contributed by atoms with Crippen LogP contribution in [0.2, 0.25) is 0 Å². The molecule has 0 fully saturated rings. The van der Waals surface area contributed by atoms with Crippen molar-refractivity contribution < 1.29 is 5.11 Å². The molecule has 0 radical (unpaired) electrons. The number of aromatic nitrogens is 1. The van der Waals surface area contributed by atoms with Gasteiger partial charge in [0.1, 0.15) is 0 Å². The standard InChI is InChI=1S/C24H25NO/c1-2-3-6-19-8-10-21(11-9-19)18-24-23-17-20(7-4-5-16-26)12-13-22(23)14-15-25-24/h8-15,17,26H,2-3,5-6,16,18H2,1H3. The van der Waals surface area contributed by atoms with Crippen molar-refractivity contribution in [3.05, 3.63) is 77.1 Å². The van der Waals surface area contributed by atoms with Gasteiger partial charge in [-0.1, -0.05) is 55.5 Å². The summed E-state index contributed by atoms with van der Waals surface area (Å²) in [5.41, 5.74) is 4.73. The fraction of sp³-hybridized carbons (Fsp3) is 0.292. The highest BCUT2D eigenvalue weighted by Gasteiger charge is 2.05. The maximum atomic E-state index is 8.88. The Bertz CT molecular complexity index is 916. The van der Waals surface area contributed by atoms with Gasteiger partial charge in [-0.25, -0.2) is 0 Å². The molecule has 132 valence electrons. The van der Waals surface area contributed by atoms with Crippen molar-refractivity contribution in [2.75, 3.05) is 6.61 Å². The van der Waals surface area contributed by atoms with Crippen LogP contribution in [0, 0.1) is 11.8 Å². The molecule has 1 N–H and O–H groups in total. The zero-order chi connectivity index (χ0) is 18.2. The molecule has 0 spiro atoms. The molecule has 0 atom stereocenters. The number of fused-ring (bicyclic) bond motifs is 1. The van der Waals surface area contributed by atoms with Gasteiger partial charge in [-0.3, -0.25) is 4.98 Å². The van der Waals surface area contributed by atoms with Gasteiger partial charge in [0.25, 0.3) is 0 Å². The Morgan fingerprint density at radius 3 is 2.58 bits per heavy atom. The van der Waals surface area contributed by atoms with E-state index in [1.165, 1.54) is 29.4 Å². The van der Waals surface area contributed by atoms with E-state index < -0.39 is 0 Å². The molecule has 0 saturated heterocycles. The lowest BCUT2D eigenvalue weighted by Crippen LogP contribution is -1.95. The van der Waals surface area contributed by atoms with Crippen LogP contribution >= 0.6 is 0 Å². The summed E-state index contributed by atoms with van der Waals surface area (Å²) >= 11 is 0. The molecular formula is C24H25NO. The first kappa shape index (κ1) is 18.2. The Labute approximate surface area is 155 Å². The molecule has 0 bridgehead atoms. The first-order valence-electron chi connectivity index (χ1n) is 9.35. The van der Waals surface area contributed by atoms with Gasteiger partial charge in [-0.15, -0.1) is 0 Å². The summed E-state index contributed by atoms with van der Waals surface area (Å²) in [6.45, 7) is 2.32. The molecule has 1 heterocycles. The number of pyridine rings is 1. The van der Waals surface area contributed by atoms with E-state index in [0.29, 0.717) is 6.42 Å². The zero-order valence-electron chi connectivity index (χ0n) is 15.3. The van der Waals surface area contributed by atoms with Crippen molar-refractivity contribution in [2.45, 2.75) is 39.0 Å². The number of benzene rings is 2. The van der Waals surface area contributed by atoms with Gasteiger partial charge >= 0.3 is 0 Å². The molecule has 2 heteroatoms. The second kappa shape index (κ2) is 9.17. The van der Waals surface area contributed by atoms with Crippen LogP contribution in [0.3, 0.4) is 0 Å². The van der Waals surface area contributed by atoms with Crippen molar-refractivity contribution in [1.82, 2.24) is 4.98 Å². The summed E-state index contributed by atoms with van der Waals surface area (Å²) in [7, 11) is 0. The highest BCUT2D eigenvalue weighted by molar-refractivity contribution is 5.86. The van der Waals surface area contributed by atoms with Gasteiger partial charge in [0, 0.05) is 30.0 Å². The summed E-state index contributed by atoms with van der Waals surface area (Å²) in [5.74, 6) is 6.11. The quantitative estimate of drug-likeness (QED) is 0.646. The maximum absolute atomic E-state index is 8.88. The number of aliphatic hydroxyl groups is 1. The zero-order valence-corrected chi connectivity index (χ0v) is 15.3. The first-order chi connectivity index (χ1) is 12.8. The average Bonchev–Trinajstić information content (AvgIpc) is 2.68. The van der Waals surface area contributed by atoms with Crippen molar-refractivity contribution in [3.8, 4) is 11.8 Å². The average molecular weight is 343 g/mol. The summed E-state index contributed by atoms with van der Waals surface area (Å²) < 4.78 is 0. The lowest BCUT2D eigenvalue weighted by molar-refractivity contribution is 0.305. The molecule has 0 amide bonds. The summed E-state index contributed by atoms with van der Waals surface area (Å²) in [4.78, 5) is 4.62. The number of hydrogen-bond donors (Lipinski definition) is 1. The molecule has 2 nitrogen and oxygen atoms in total. The fourth-order valence-electron chi connectivity index (χ4n) is 3.07. The maximum Gasteiger partial charge on any atom is 0.0540 e. The third-order valence-electron chi connectivity index (χ3n) is 4.53. The lowest BCUT2D eigenvalue weighted by atomic mass is 10.00. The van der Waals surface area contributed by atoms with E-state index in [9.17, 15) is 0 Å². The number of rotatable bonds is 6. The van der Waals surface area contributed by atoms with E-state index in [0.717, 1.165) is 29.5 Å². The predicted octanol–water partition coefficient (Wildman–Crippen LogP) is 4.90. The Balaban J connectivity index is 1.85. The minimum absolute atomic E-state index is 0.0988. The van der Waals surface area contributed by atoms with Crippen molar-refractivity contribution in [2.24, 2.45) is 0 Å². The van der Waals surface area contributed by atoms with Gasteiger partial charge in [-0.05, 0) is 47.6 Å². The second-order valence-corrected chi connectivity index (χ2v) is 6.57. The molecular weight excluding hydrogens is 318 g/mol. The number of nitrogens with zero attached hydrogens (tertiary/aromatic N) is 1. The van der Waals surface area contributed by atoms with Gasteiger partial charge in [-0.2, -0.15) is 0 Å². The Kier molecular flexibility index (Phi) is 6.41. The van der Waals surface area contributed by atoms with Crippen LogP contribution in [0.5, 0.6) is 0 Å². The van der Waals surface area contributed by atoms with E-state index >= 15 is 0 Å². The van der Waals surface area contributed by atoms with Crippen LogP contribution in [0.4, 0.5) is 0 Å². The molecule has 3 aromatic rings. The van der Waals surface area contributed by atoms with E-state index in [4.69, 9.17) is 5.11 Å². The van der Waals surface area contributed by atoms with Gasteiger partial charge < -0.3 is 5.11 Å². The van der Waals surface area contributed by atoms with Crippen LogP contribution in [-0.4, -0.2) is 16.7 Å². The third kappa shape index (κ3) is 4.71. The molecule has 0 unspecified atom stereocenters. The smallest absolute Gasteiger partial charge is 0.0540 e. The van der Waals surface area contributed by atoms with Gasteiger partial charge in [0.05, 0.1) is 12.3 Å². The van der Waals surface area contributed by atoms with Gasteiger partial charge in [0.15, 0.2) is 0 Å². The third-order valence-corrected chi connectivity index (χ3v) is 4.53. The Hall–Kier alpha value is -2.63. The largest absolute Gasteiger partial charge is 0.395 e. The number of unbranched alkanes of at least 4 members (excludes halogenated alkanes) is 1. The minimum atomic E-state index is 0.0988. The van der Waals surface area contributed by atoms with Crippen LogP contribution in [0.15, 0.2) is 54.7 Å².